The number of ether oxygens (including phenoxy) is 1. The molecule has 2 aliphatic rings. The van der Waals surface area contributed by atoms with E-state index < -0.39 is 23.4 Å². The summed E-state index contributed by atoms with van der Waals surface area (Å²) in [5, 5.41) is 24.4. The fourth-order valence-electron chi connectivity index (χ4n) is 4.55. The molecule has 178 valence electrons. The van der Waals surface area contributed by atoms with E-state index >= 15 is 0 Å². The highest BCUT2D eigenvalue weighted by molar-refractivity contribution is 6.00. The van der Waals surface area contributed by atoms with E-state index in [0.29, 0.717) is 12.8 Å². The van der Waals surface area contributed by atoms with Crippen molar-refractivity contribution in [2.45, 2.75) is 18.8 Å². The smallest absolute Gasteiger partial charge is 0.407 e. The van der Waals surface area contributed by atoms with Crippen LogP contribution in [0.15, 0.2) is 66.7 Å². The Morgan fingerprint density at radius 3 is 2.17 bits per heavy atom. The van der Waals surface area contributed by atoms with E-state index in [2.05, 4.69) is 22.8 Å². The first-order valence-corrected chi connectivity index (χ1v) is 11.3. The molecule has 2 aliphatic carbocycles. The van der Waals surface area contributed by atoms with Crippen LogP contribution in [0.25, 0.3) is 11.1 Å². The van der Waals surface area contributed by atoms with E-state index in [-0.39, 0.29) is 36.1 Å². The molecule has 0 radical (unpaired) electrons. The second-order valence-corrected chi connectivity index (χ2v) is 8.95. The molecule has 1 saturated carbocycles. The number of carbonyl (C=O) groups is 3. The lowest BCUT2D eigenvalue weighted by molar-refractivity contribution is -0.120. The summed E-state index contributed by atoms with van der Waals surface area (Å²) in [5.41, 5.74) is 3.65. The van der Waals surface area contributed by atoms with Gasteiger partial charge in [0.1, 0.15) is 12.4 Å². The molecule has 35 heavy (non-hydrogen) atoms. The highest BCUT2D eigenvalue weighted by Gasteiger charge is 2.50. The third kappa shape index (κ3) is 4.30. The molecule has 0 spiro atoms. The quantitative estimate of drug-likeness (QED) is 0.379. The van der Waals surface area contributed by atoms with Gasteiger partial charge < -0.3 is 25.6 Å². The normalized spacial score (nSPS) is 15.0. The molecule has 8 nitrogen and oxygen atoms in total. The van der Waals surface area contributed by atoms with Crippen LogP contribution in [-0.2, 0) is 9.53 Å². The molecule has 2 amide bonds. The standard InChI is InChI=1S/C27H24N2O6/c30-23-10-9-16(24(31)32)13-22(23)29-25(33)27(11-12-27)15-28-26(34)35-14-21-19-7-3-1-5-17(19)18-6-2-4-8-20(18)21/h1-10,13,21,30H,11-12,14-15H2,(H,28,34)(H,29,33)(H,31,32). The third-order valence-corrected chi connectivity index (χ3v) is 6.74. The topological polar surface area (TPSA) is 125 Å². The number of alkyl carbamates (subject to hydrolysis) is 1. The zero-order valence-electron chi connectivity index (χ0n) is 18.8. The number of fused-ring (bicyclic) bond motifs is 3. The van der Waals surface area contributed by atoms with Crippen molar-refractivity contribution in [2.75, 3.05) is 18.5 Å². The van der Waals surface area contributed by atoms with Crippen LogP contribution in [-0.4, -0.2) is 41.3 Å². The lowest BCUT2D eigenvalue weighted by Crippen LogP contribution is -2.37. The number of rotatable bonds is 7. The predicted molar refractivity (Wildman–Crippen MR) is 128 cm³/mol. The van der Waals surface area contributed by atoms with Gasteiger partial charge in [-0.05, 0) is 53.3 Å². The largest absolute Gasteiger partial charge is 0.506 e. The van der Waals surface area contributed by atoms with Crippen molar-refractivity contribution in [1.82, 2.24) is 5.32 Å². The lowest BCUT2D eigenvalue weighted by Gasteiger charge is -2.18. The van der Waals surface area contributed by atoms with Crippen molar-refractivity contribution in [3.8, 4) is 16.9 Å². The van der Waals surface area contributed by atoms with Gasteiger partial charge in [0.05, 0.1) is 16.7 Å². The number of aromatic hydroxyl groups is 1. The summed E-state index contributed by atoms with van der Waals surface area (Å²) >= 11 is 0. The van der Waals surface area contributed by atoms with Crippen LogP contribution >= 0.6 is 0 Å². The summed E-state index contributed by atoms with van der Waals surface area (Å²) in [6, 6.07) is 19.8. The van der Waals surface area contributed by atoms with Crippen LogP contribution < -0.4 is 10.6 Å². The van der Waals surface area contributed by atoms with Gasteiger partial charge in [-0.15, -0.1) is 0 Å². The number of carbonyl (C=O) groups excluding carboxylic acids is 2. The van der Waals surface area contributed by atoms with Crippen LogP contribution in [0.5, 0.6) is 5.75 Å². The van der Waals surface area contributed by atoms with Crippen molar-refractivity contribution in [3.05, 3.63) is 83.4 Å². The maximum absolute atomic E-state index is 12.8. The van der Waals surface area contributed by atoms with E-state index in [1.807, 2.05) is 36.4 Å². The Labute approximate surface area is 201 Å². The number of carboxylic acid groups (broad SMARTS) is 1. The summed E-state index contributed by atoms with van der Waals surface area (Å²) < 4.78 is 5.54. The molecule has 1 fully saturated rings. The van der Waals surface area contributed by atoms with Crippen LogP contribution in [0.1, 0.15) is 40.2 Å². The Morgan fingerprint density at radius 2 is 1.57 bits per heavy atom. The van der Waals surface area contributed by atoms with Crippen molar-refractivity contribution < 1.29 is 29.3 Å². The summed E-state index contributed by atoms with van der Waals surface area (Å²) in [6.07, 6.45) is 0.505. The van der Waals surface area contributed by atoms with Crippen molar-refractivity contribution in [2.24, 2.45) is 5.41 Å². The van der Waals surface area contributed by atoms with Gasteiger partial charge >= 0.3 is 12.1 Å². The molecule has 3 aromatic carbocycles. The maximum atomic E-state index is 12.8. The average Bonchev–Trinajstić information content (AvgIpc) is 3.59. The second kappa shape index (κ2) is 8.79. The summed E-state index contributed by atoms with van der Waals surface area (Å²) in [6.45, 7) is 0.254. The summed E-state index contributed by atoms with van der Waals surface area (Å²) in [4.78, 5) is 36.5. The fourth-order valence-corrected chi connectivity index (χ4v) is 4.55. The van der Waals surface area contributed by atoms with Gasteiger partial charge in [-0.2, -0.15) is 0 Å². The number of carboxylic acids is 1. The van der Waals surface area contributed by atoms with Gasteiger partial charge in [0.2, 0.25) is 5.91 Å². The van der Waals surface area contributed by atoms with Crippen molar-refractivity contribution in [3.63, 3.8) is 0 Å². The molecule has 0 atom stereocenters. The molecule has 0 heterocycles. The molecular weight excluding hydrogens is 448 g/mol. The minimum absolute atomic E-state index is 0.0160. The highest BCUT2D eigenvalue weighted by atomic mass is 16.5. The zero-order chi connectivity index (χ0) is 24.6. The number of benzene rings is 3. The number of hydrogen-bond acceptors (Lipinski definition) is 5. The van der Waals surface area contributed by atoms with Crippen molar-refractivity contribution >= 4 is 23.7 Å². The third-order valence-electron chi connectivity index (χ3n) is 6.74. The molecule has 0 bridgehead atoms. The number of anilines is 1. The number of phenolic OH excluding ortho intramolecular Hbond substituents is 1. The fraction of sp³-hybridized carbons (Fsp3) is 0.222. The minimum atomic E-state index is -1.17. The summed E-state index contributed by atoms with van der Waals surface area (Å²) in [5.74, 6) is -1.85. The average molecular weight is 472 g/mol. The Balaban J connectivity index is 1.19. The van der Waals surface area contributed by atoms with E-state index in [1.165, 1.54) is 18.2 Å². The molecule has 8 heteroatoms. The van der Waals surface area contributed by atoms with Gasteiger partial charge in [-0.25, -0.2) is 9.59 Å². The Bertz CT molecular complexity index is 1290. The van der Waals surface area contributed by atoms with Gasteiger partial charge in [0, 0.05) is 12.5 Å². The molecule has 0 aromatic heterocycles. The zero-order valence-corrected chi connectivity index (χ0v) is 18.8. The number of amides is 2. The Morgan fingerprint density at radius 1 is 0.943 bits per heavy atom. The van der Waals surface area contributed by atoms with Crippen LogP contribution in [0, 0.1) is 5.41 Å². The SMILES string of the molecule is O=C(NCC1(C(=O)Nc2cc(C(=O)O)ccc2O)CC1)OCC1c2ccccc2-c2ccccc21. The highest BCUT2D eigenvalue weighted by Crippen LogP contribution is 2.47. The van der Waals surface area contributed by atoms with Gasteiger partial charge in [0.25, 0.3) is 0 Å². The van der Waals surface area contributed by atoms with Gasteiger partial charge in [0.15, 0.2) is 0 Å². The molecule has 0 aliphatic heterocycles. The number of hydrogen-bond donors (Lipinski definition) is 4. The van der Waals surface area contributed by atoms with E-state index in [4.69, 9.17) is 9.84 Å². The van der Waals surface area contributed by atoms with E-state index in [9.17, 15) is 19.5 Å². The summed E-state index contributed by atoms with van der Waals surface area (Å²) in [7, 11) is 0. The minimum Gasteiger partial charge on any atom is -0.506 e. The van der Waals surface area contributed by atoms with Crippen LogP contribution in [0.2, 0.25) is 0 Å². The van der Waals surface area contributed by atoms with Crippen LogP contribution in [0.3, 0.4) is 0 Å². The van der Waals surface area contributed by atoms with Gasteiger partial charge in [-0.1, -0.05) is 48.5 Å². The predicted octanol–water partition coefficient (Wildman–Crippen LogP) is 4.35. The van der Waals surface area contributed by atoms with E-state index in [0.717, 1.165) is 22.3 Å². The monoisotopic (exact) mass is 472 g/mol. The lowest BCUT2D eigenvalue weighted by atomic mass is 9.98. The molecule has 0 unspecified atom stereocenters. The number of nitrogens with one attached hydrogen (secondary N) is 2. The number of phenols is 1. The molecule has 3 aromatic rings. The number of aromatic carboxylic acids is 1. The molecule has 0 saturated heterocycles. The first-order chi connectivity index (χ1) is 16.9. The van der Waals surface area contributed by atoms with Crippen LogP contribution in [0.4, 0.5) is 10.5 Å². The second-order valence-electron chi connectivity index (χ2n) is 8.95. The van der Waals surface area contributed by atoms with Gasteiger partial charge in [-0.3, -0.25) is 4.79 Å². The molecule has 4 N–H and O–H groups in total. The first kappa shape index (κ1) is 22.5. The van der Waals surface area contributed by atoms with E-state index in [1.54, 1.807) is 0 Å². The van der Waals surface area contributed by atoms with Crippen molar-refractivity contribution in [1.29, 1.82) is 0 Å². The maximum Gasteiger partial charge on any atom is 0.407 e. The Hall–Kier alpha value is -4.33. The Kier molecular flexibility index (Phi) is 5.64. The first-order valence-electron chi connectivity index (χ1n) is 11.3. The molecular formula is C27H24N2O6. The molecule has 5 rings (SSSR count).